The molecule has 0 N–H and O–H groups in total. The van der Waals surface area contributed by atoms with Gasteiger partial charge >= 0.3 is 5.97 Å². The number of ether oxygens (including phenoxy) is 2. The summed E-state index contributed by atoms with van der Waals surface area (Å²) in [4.78, 5) is 33.4. The van der Waals surface area contributed by atoms with Gasteiger partial charge in [-0.15, -0.1) is 0 Å². The van der Waals surface area contributed by atoms with Gasteiger partial charge in [-0.25, -0.2) is 29.0 Å². The fraction of sp³-hybridized carbons (Fsp3) is 0.795. The second-order valence-corrected chi connectivity index (χ2v) is 17.9. The van der Waals surface area contributed by atoms with E-state index in [-0.39, 0.29) is 46.4 Å². The lowest BCUT2D eigenvalue weighted by molar-refractivity contribution is -0.149. The highest BCUT2D eigenvalue weighted by Gasteiger charge is 2.21. The van der Waals surface area contributed by atoms with Gasteiger partial charge < -0.3 is 9.47 Å². The van der Waals surface area contributed by atoms with Crippen molar-refractivity contribution in [2.75, 3.05) is 14.2 Å². The second-order valence-electron chi connectivity index (χ2n) is 17.9. The van der Waals surface area contributed by atoms with Gasteiger partial charge in [0.25, 0.3) is 0 Å². The number of ketones is 1. The van der Waals surface area contributed by atoms with Crippen molar-refractivity contribution in [3.63, 3.8) is 0 Å². The van der Waals surface area contributed by atoms with Gasteiger partial charge in [-0.3, -0.25) is 9.59 Å². The van der Waals surface area contributed by atoms with E-state index in [1.54, 1.807) is 32.4 Å². The van der Waals surface area contributed by atoms with Crippen LogP contribution >= 0.6 is 0 Å². The Labute approximate surface area is 318 Å². The first-order chi connectivity index (χ1) is 22.6. The molecule has 3 rings (SSSR count). The Morgan fingerprint density at radius 2 is 1.12 bits per heavy atom. The first kappa shape index (κ1) is 55.3. The minimum Gasteiger partial charge on any atom is -0.469 e. The molecule has 3 aromatic rings. The lowest BCUT2D eigenvalue weighted by Gasteiger charge is -2.19. The smallest absolute Gasteiger partial charge is 0.310 e. The number of aryl methyl sites for hydroxylation is 2. The average molecular weight is 738 g/mol. The summed E-state index contributed by atoms with van der Waals surface area (Å²) < 4.78 is 15.0. The number of Topliss-reactive ketones (excluding diaryl/α,β-unsaturated/α-hetero) is 1. The van der Waals surface area contributed by atoms with Gasteiger partial charge in [-0.2, -0.15) is 15.3 Å². The van der Waals surface area contributed by atoms with Crippen LogP contribution in [0.2, 0.25) is 0 Å². The van der Waals surface area contributed by atoms with E-state index in [4.69, 9.17) is 4.74 Å². The van der Waals surface area contributed by atoms with Crippen LogP contribution in [0.5, 0.6) is 0 Å². The van der Waals surface area contributed by atoms with Crippen molar-refractivity contribution in [1.29, 1.82) is 0 Å². The Balaban J connectivity index is -0.000000267. The highest BCUT2D eigenvalue weighted by molar-refractivity contribution is 5.83. The number of hydrogen-bond acceptors (Lipinski definition) is 10. The molecule has 3 heterocycles. The Hall–Kier alpha value is -3.48. The number of aromatic nitrogens is 9. The maximum absolute atomic E-state index is 10.8. The topological polar surface area (TPSA) is 145 Å². The fourth-order valence-corrected chi connectivity index (χ4v) is 3.02. The molecule has 13 heteroatoms. The van der Waals surface area contributed by atoms with Crippen LogP contribution in [0.4, 0.5) is 0 Å². The first-order valence-corrected chi connectivity index (χ1v) is 17.4. The average Bonchev–Trinajstić information content (AvgIpc) is 3.74. The van der Waals surface area contributed by atoms with Crippen molar-refractivity contribution in [2.45, 2.75) is 181 Å². The Bertz CT molecular complexity index is 1330. The molecule has 304 valence electrons. The van der Waals surface area contributed by atoms with Gasteiger partial charge in [0.05, 0.1) is 34.7 Å². The van der Waals surface area contributed by atoms with E-state index in [2.05, 4.69) is 97.3 Å². The van der Waals surface area contributed by atoms with Gasteiger partial charge in [0.2, 0.25) is 0 Å². The number of nitrogens with zero attached hydrogens (tertiary/aromatic N) is 9. The molecule has 52 heavy (non-hydrogen) atoms. The zero-order valence-corrected chi connectivity index (χ0v) is 36.7. The first-order valence-electron chi connectivity index (χ1n) is 17.4. The Kier molecular flexibility index (Phi) is 24.7. The molecule has 0 aliphatic rings. The molecule has 0 aliphatic heterocycles. The summed E-state index contributed by atoms with van der Waals surface area (Å²) in [6.45, 7) is 42.0. The van der Waals surface area contributed by atoms with E-state index in [1.165, 1.54) is 7.11 Å². The van der Waals surface area contributed by atoms with Crippen LogP contribution in [0.25, 0.3) is 0 Å². The molecule has 0 fully saturated rings. The van der Waals surface area contributed by atoms with Crippen molar-refractivity contribution in [3.8, 4) is 0 Å². The fourth-order valence-electron chi connectivity index (χ4n) is 3.02. The van der Waals surface area contributed by atoms with E-state index in [9.17, 15) is 9.59 Å². The highest BCUT2D eigenvalue weighted by atomic mass is 16.5. The largest absolute Gasteiger partial charge is 0.469 e. The molecule has 0 unspecified atom stereocenters. The van der Waals surface area contributed by atoms with Crippen molar-refractivity contribution in [3.05, 3.63) is 37.0 Å². The Morgan fingerprint density at radius 1 is 0.654 bits per heavy atom. The van der Waals surface area contributed by atoms with Crippen molar-refractivity contribution >= 4 is 11.8 Å². The summed E-state index contributed by atoms with van der Waals surface area (Å²) in [6, 6.07) is 0. The quantitative estimate of drug-likeness (QED) is 0.222. The molecule has 0 amide bonds. The third-order valence-corrected chi connectivity index (χ3v) is 6.32. The van der Waals surface area contributed by atoms with Crippen molar-refractivity contribution < 1.29 is 19.1 Å². The molecular formula is C39H79N9O4. The zero-order chi connectivity index (χ0) is 41.2. The van der Waals surface area contributed by atoms with Crippen LogP contribution in [0.1, 0.15) is 157 Å². The summed E-state index contributed by atoms with van der Waals surface area (Å²) in [6.07, 6.45) is 7.27. The van der Waals surface area contributed by atoms with Gasteiger partial charge in [0.15, 0.2) is 0 Å². The predicted molar refractivity (Wildman–Crippen MR) is 214 cm³/mol. The number of esters is 1. The molecular weight excluding hydrogens is 658 g/mol. The van der Waals surface area contributed by atoms with E-state index in [1.807, 2.05) is 97.1 Å². The number of hydrogen-bond donors (Lipinski definition) is 0. The third kappa shape index (κ3) is 27.2. The molecule has 0 saturated heterocycles. The summed E-state index contributed by atoms with van der Waals surface area (Å²) >= 11 is 0. The SMILES string of the molecule is C.CC(C)(C)n1cncn1.CCC(=O)C(C)(C)C.COC(=O)C(C)(C)C.COC(C)(C)C.Cc1ncn(C(C)(C)C)n1.Cc1ncnn1C(C)(C)C. The monoisotopic (exact) mass is 738 g/mol. The number of carbonyl (C=O) groups excluding carboxylic acids is 2. The third-order valence-electron chi connectivity index (χ3n) is 6.32. The summed E-state index contributed by atoms with van der Waals surface area (Å²) in [7, 11) is 3.10. The molecule has 0 spiro atoms. The summed E-state index contributed by atoms with van der Waals surface area (Å²) in [5.41, 5.74) is -0.262. The van der Waals surface area contributed by atoms with E-state index < -0.39 is 0 Å². The number of rotatable bonds is 1. The molecule has 0 radical (unpaired) electrons. The zero-order valence-electron chi connectivity index (χ0n) is 36.7. The maximum atomic E-state index is 10.8. The van der Waals surface area contributed by atoms with E-state index in [0.29, 0.717) is 12.2 Å². The second kappa shape index (κ2) is 23.2. The van der Waals surface area contributed by atoms with Gasteiger partial charge in [-0.1, -0.05) is 35.1 Å². The predicted octanol–water partition coefficient (Wildman–Crippen LogP) is 9.00. The lowest BCUT2D eigenvalue weighted by atomic mass is 9.90. The maximum Gasteiger partial charge on any atom is 0.310 e. The summed E-state index contributed by atoms with van der Waals surface area (Å²) in [5.74, 6) is 1.96. The molecule has 13 nitrogen and oxygen atoms in total. The van der Waals surface area contributed by atoms with Crippen LogP contribution < -0.4 is 0 Å². The normalized spacial score (nSPS) is 11.5. The van der Waals surface area contributed by atoms with Crippen LogP contribution in [0.15, 0.2) is 25.3 Å². The van der Waals surface area contributed by atoms with Crippen LogP contribution in [0.3, 0.4) is 0 Å². The van der Waals surface area contributed by atoms with Crippen molar-refractivity contribution in [1.82, 2.24) is 44.3 Å². The van der Waals surface area contributed by atoms with E-state index >= 15 is 0 Å². The molecule has 0 aromatic carbocycles. The molecule has 3 aromatic heterocycles. The van der Waals surface area contributed by atoms with Gasteiger partial charge in [-0.05, 0) is 118 Å². The number of carbonyl (C=O) groups is 2. The van der Waals surface area contributed by atoms with Crippen LogP contribution in [-0.2, 0) is 35.7 Å². The molecule has 0 aliphatic carbocycles. The van der Waals surface area contributed by atoms with Crippen LogP contribution in [0, 0.1) is 24.7 Å². The molecule has 0 bridgehead atoms. The minimum absolute atomic E-state index is 0. The van der Waals surface area contributed by atoms with E-state index in [0.717, 1.165) is 11.6 Å². The standard InChI is InChI=1S/2C7H13N3.C7H14O.C6H11N3.C6H12O2.C5H12O.CH4/c1-6-8-5-10(9-6)7(2,3)4;1-6-8-5-9-10(6)7(2,3)4;1-5-6(8)7(2,3)4;1-6(2,3)9-5-7-4-8-9;1-6(2,3)5(7)8-4;1-5(2,3)6-4;/h2*5H,1-4H3;5H2,1-4H3;4-5H,1-3H3;1-4H3;1-4H3;1H4. The lowest BCUT2D eigenvalue weighted by Crippen LogP contribution is -2.24. The van der Waals surface area contributed by atoms with Gasteiger partial charge in [0, 0.05) is 18.9 Å². The molecule has 0 atom stereocenters. The van der Waals surface area contributed by atoms with Crippen molar-refractivity contribution in [2.24, 2.45) is 10.8 Å². The highest BCUT2D eigenvalue weighted by Crippen LogP contribution is 2.16. The number of methoxy groups -OCH3 is 2. The summed E-state index contributed by atoms with van der Waals surface area (Å²) in [5, 5.41) is 12.3. The Morgan fingerprint density at radius 3 is 1.23 bits per heavy atom. The molecule has 0 saturated carbocycles. The minimum atomic E-state index is -0.352. The van der Waals surface area contributed by atoms with Gasteiger partial charge in [0.1, 0.15) is 42.7 Å². The van der Waals surface area contributed by atoms with Crippen LogP contribution in [-0.4, -0.2) is 75.9 Å².